The molecule has 2 aliphatic carbocycles. The Morgan fingerprint density at radius 3 is 2.08 bits per heavy atom. The van der Waals surface area contributed by atoms with Crippen LogP contribution in [0.2, 0.25) is 0 Å². The zero-order valence-electron chi connectivity index (χ0n) is 13.9. The highest BCUT2D eigenvalue weighted by atomic mass is 16.1. The van der Waals surface area contributed by atoms with Crippen LogP contribution in [0.5, 0.6) is 0 Å². The number of hydrogen-bond donors (Lipinski definition) is 0. The number of rotatable bonds is 2. The lowest BCUT2D eigenvalue weighted by Crippen LogP contribution is -2.11. The molecular weight excluding hydrogens is 304 g/mol. The van der Waals surface area contributed by atoms with Crippen LogP contribution in [0, 0.1) is 5.92 Å². The molecule has 25 heavy (non-hydrogen) atoms. The third kappa shape index (κ3) is 2.20. The topological polar surface area (TPSA) is 17.1 Å². The van der Waals surface area contributed by atoms with Gasteiger partial charge in [-0.25, -0.2) is 0 Å². The van der Waals surface area contributed by atoms with Gasteiger partial charge in [0.25, 0.3) is 0 Å². The minimum absolute atomic E-state index is 0.0590. The standard InChI is InChI=1S/C24H18O/c25-24-20-13-7-5-11-18(20)15-22(24)23-19-12-6-4-10-17(19)14-21(23)16-8-2-1-3-9-16/h1-13,22H,14-15H2. The zero-order chi connectivity index (χ0) is 16.8. The van der Waals surface area contributed by atoms with Crippen LogP contribution < -0.4 is 0 Å². The van der Waals surface area contributed by atoms with Gasteiger partial charge in [0.2, 0.25) is 0 Å². The molecule has 0 saturated heterocycles. The molecule has 0 bridgehead atoms. The van der Waals surface area contributed by atoms with Crippen molar-refractivity contribution >= 4 is 16.9 Å². The van der Waals surface area contributed by atoms with Crippen LogP contribution in [0.3, 0.4) is 0 Å². The average Bonchev–Trinajstić information content (AvgIpc) is 3.21. The highest BCUT2D eigenvalue weighted by molar-refractivity contribution is 6.13. The Morgan fingerprint density at radius 2 is 1.32 bits per heavy atom. The second-order valence-electron chi connectivity index (χ2n) is 6.87. The maximum absolute atomic E-state index is 13.1. The maximum atomic E-state index is 13.1. The number of fused-ring (bicyclic) bond motifs is 2. The van der Waals surface area contributed by atoms with Crippen molar-refractivity contribution in [1.29, 1.82) is 0 Å². The Hall–Kier alpha value is -2.93. The minimum atomic E-state index is -0.0590. The number of carbonyl (C=O) groups is 1. The van der Waals surface area contributed by atoms with Gasteiger partial charge in [-0.15, -0.1) is 0 Å². The summed E-state index contributed by atoms with van der Waals surface area (Å²) in [4.78, 5) is 13.1. The third-order valence-corrected chi connectivity index (χ3v) is 5.49. The Balaban J connectivity index is 1.69. The summed E-state index contributed by atoms with van der Waals surface area (Å²) in [6, 6.07) is 27.1. The molecule has 2 aliphatic rings. The molecule has 5 rings (SSSR count). The molecule has 0 saturated carbocycles. The predicted molar refractivity (Wildman–Crippen MR) is 101 cm³/mol. The molecule has 0 fully saturated rings. The molecule has 120 valence electrons. The van der Waals surface area contributed by atoms with E-state index in [1.807, 2.05) is 24.3 Å². The Kier molecular flexibility index (Phi) is 3.21. The van der Waals surface area contributed by atoms with E-state index in [4.69, 9.17) is 0 Å². The van der Waals surface area contributed by atoms with Gasteiger partial charge in [0.15, 0.2) is 5.78 Å². The number of Topliss-reactive ketones (excluding diaryl/α,β-unsaturated/α-hetero) is 1. The minimum Gasteiger partial charge on any atom is -0.293 e. The van der Waals surface area contributed by atoms with Gasteiger partial charge in [0.05, 0.1) is 5.92 Å². The molecule has 0 aromatic heterocycles. The fraction of sp³-hybridized carbons (Fsp3) is 0.125. The fourth-order valence-corrected chi connectivity index (χ4v) is 4.35. The molecule has 1 atom stereocenters. The van der Waals surface area contributed by atoms with Gasteiger partial charge in [-0.05, 0) is 46.2 Å². The fourth-order valence-electron chi connectivity index (χ4n) is 4.35. The van der Waals surface area contributed by atoms with Gasteiger partial charge in [-0.1, -0.05) is 78.9 Å². The molecule has 1 nitrogen and oxygen atoms in total. The largest absolute Gasteiger partial charge is 0.293 e. The van der Waals surface area contributed by atoms with Crippen molar-refractivity contribution < 1.29 is 4.79 Å². The van der Waals surface area contributed by atoms with Crippen LogP contribution in [0.15, 0.2) is 78.9 Å². The summed E-state index contributed by atoms with van der Waals surface area (Å²) in [5.74, 6) is 0.215. The van der Waals surface area contributed by atoms with E-state index < -0.39 is 0 Å². The van der Waals surface area contributed by atoms with Gasteiger partial charge < -0.3 is 0 Å². The van der Waals surface area contributed by atoms with Crippen molar-refractivity contribution in [3.05, 3.63) is 107 Å². The van der Waals surface area contributed by atoms with Gasteiger partial charge in [0, 0.05) is 5.56 Å². The molecule has 1 heteroatoms. The van der Waals surface area contributed by atoms with Crippen LogP contribution in [-0.4, -0.2) is 5.78 Å². The van der Waals surface area contributed by atoms with Crippen LogP contribution in [0.25, 0.3) is 11.1 Å². The first-order valence-corrected chi connectivity index (χ1v) is 8.82. The van der Waals surface area contributed by atoms with Crippen LogP contribution in [-0.2, 0) is 12.8 Å². The quantitative estimate of drug-likeness (QED) is 0.633. The lowest BCUT2D eigenvalue weighted by atomic mass is 9.87. The summed E-state index contributed by atoms with van der Waals surface area (Å²) in [5, 5.41) is 0. The van der Waals surface area contributed by atoms with Gasteiger partial charge >= 0.3 is 0 Å². The lowest BCUT2D eigenvalue weighted by molar-refractivity contribution is 0.0964. The average molecular weight is 322 g/mol. The zero-order valence-corrected chi connectivity index (χ0v) is 13.9. The van der Waals surface area contributed by atoms with Crippen molar-refractivity contribution in [2.24, 2.45) is 5.92 Å². The molecule has 1 unspecified atom stereocenters. The Labute approximate surface area is 147 Å². The molecule has 0 spiro atoms. The van der Waals surface area contributed by atoms with Crippen molar-refractivity contribution in [1.82, 2.24) is 0 Å². The van der Waals surface area contributed by atoms with Crippen molar-refractivity contribution in [2.75, 3.05) is 0 Å². The molecule has 3 aromatic carbocycles. The summed E-state index contributed by atoms with van der Waals surface area (Å²) in [6.45, 7) is 0. The Morgan fingerprint density at radius 1 is 0.680 bits per heavy atom. The van der Waals surface area contributed by atoms with E-state index in [0.717, 1.165) is 18.4 Å². The molecular formula is C24H18O. The maximum Gasteiger partial charge on any atom is 0.170 e. The highest BCUT2D eigenvalue weighted by Crippen LogP contribution is 2.46. The number of ketones is 1. The number of carbonyl (C=O) groups excluding carboxylic acids is 1. The van der Waals surface area contributed by atoms with E-state index in [1.54, 1.807) is 0 Å². The van der Waals surface area contributed by atoms with E-state index in [1.165, 1.54) is 33.4 Å². The summed E-state index contributed by atoms with van der Waals surface area (Å²) in [7, 11) is 0. The normalized spacial score (nSPS) is 18.4. The van der Waals surface area contributed by atoms with Gasteiger partial charge in [-0.2, -0.15) is 0 Å². The predicted octanol–water partition coefficient (Wildman–Crippen LogP) is 5.21. The first kappa shape index (κ1) is 14.4. The highest BCUT2D eigenvalue weighted by Gasteiger charge is 2.37. The second kappa shape index (κ2) is 5.56. The van der Waals surface area contributed by atoms with E-state index in [-0.39, 0.29) is 11.7 Å². The third-order valence-electron chi connectivity index (χ3n) is 5.49. The van der Waals surface area contributed by atoms with Crippen molar-refractivity contribution in [2.45, 2.75) is 12.8 Å². The van der Waals surface area contributed by atoms with Gasteiger partial charge in [-0.3, -0.25) is 4.79 Å². The first-order valence-electron chi connectivity index (χ1n) is 8.82. The van der Waals surface area contributed by atoms with Crippen molar-refractivity contribution in [3.63, 3.8) is 0 Å². The summed E-state index contributed by atoms with van der Waals surface area (Å²) >= 11 is 0. The summed E-state index contributed by atoms with van der Waals surface area (Å²) in [6.07, 6.45) is 1.73. The van der Waals surface area contributed by atoms with Crippen LogP contribution >= 0.6 is 0 Å². The SMILES string of the molecule is O=C1c2ccccc2CC1C1=C(c2ccccc2)Cc2ccccc21. The molecule has 3 aromatic rings. The first-order chi connectivity index (χ1) is 12.3. The smallest absolute Gasteiger partial charge is 0.170 e. The number of hydrogen-bond acceptors (Lipinski definition) is 1. The van der Waals surface area contributed by atoms with E-state index in [9.17, 15) is 4.79 Å². The number of benzene rings is 3. The Bertz CT molecular complexity index is 1010. The molecule has 0 heterocycles. The summed E-state index contributed by atoms with van der Waals surface area (Å²) in [5.41, 5.74) is 8.46. The van der Waals surface area contributed by atoms with Crippen LogP contribution in [0.1, 0.15) is 32.6 Å². The van der Waals surface area contributed by atoms with E-state index in [2.05, 4.69) is 54.6 Å². The summed E-state index contributed by atoms with van der Waals surface area (Å²) < 4.78 is 0. The monoisotopic (exact) mass is 322 g/mol. The molecule has 0 N–H and O–H groups in total. The lowest BCUT2D eigenvalue weighted by Gasteiger charge is -2.15. The number of allylic oxidation sites excluding steroid dienone is 2. The van der Waals surface area contributed by atoms with Crippen LogP contribution in [0.4, 0.5) is 0 Å². The molecule has 0 radical (unpaired) electrons. The van der Waals surface area contributed by atoms with E-state index >= 15 is 0 Å². The molecule has 0 amide bonds. The van der Waals surface area contributed by atoms with Gasteiger partial charge in [0.1, 0.15) is 0 Å². The van der Waals surface area contributed by atoms with Crippen molar-refractivity contribution in [3.8, 4) is 0 Å². The second-order valence-corrected chi connectivity index (χ2v) is 6.87. The molecule has 0 aliphatic heterocycles. The van der Waals surface area contributed by atoms with E-state index in [0.29, 0.717) is 0 Å².